The molecule has 0 atom stereocenters. The van der Waals surface area contributed by atoms with Crippen LogP contribution in [0.5, 0.6) is 5.75 Å². The van der Waals surface area contributed by atoms with Crippen LogP contribution in [0.1, 0.15) is 5.56 Å². The molecule has 0 spiro atoms. The number of halogens is 3. The highest BCUT2D eigenvalue weighted by atomic mass is 19.4. The molecule has 1 rings (SSSR count). The van der Waals surface area contributed by atoms with Crippen molar-refractivity contribution in [1.82, 2.24) is 0 Å². The van der Waals surface area contributed by atoms with Crippen molar-refractivity contribution in [3.8, 4) is 5.75 Å². The number of nitrogens with one attached hydrogen (secondary N) is 1. The highest BCUT2D eigenvalue weighted by molar-refractivity contribution is 5.87. The lowest BCUT2D eigenvalue weighted by molar-refractivity contribution is -0.388. The quantitative estimate of drug-likeness (QED) is 0.370. The van der Waals surface area contributed by atoms with Crippen molar-refractivity contribution in [2.75, 3.05) is 5.73 Å². The van der Waals surface area contributed by atoms with Crippen molar-refractivity contribution in [3.05, 3.63) is 27.8 Å². The minimum absolute atomic E-state index is 0.0637. The van der Waals surface area contributed by atoms with Gasteiger partial charge < -0.3 is 15.9 Å². The lowest BCUT2D eigenvalue weighted by Gasteiger charge is -2.10. The zero-order valence-corrected chi connectivity index (χ0v) is 8.12. The third-order valence-electron chi connectivity index (χ3n) is 1.74. The van der Waals surface area contributed by atoms with Crippen molar-refractivity contribution < 1.29 is 22.8 Å². The SMILES string of the molecule is N=Cc1cc([N+](=O)[O-])c(OC(F)(F)F)cc1N. The maximum atomic E-state index is 12.0. The summed E-state index contributed by atoms with van der Waals surface area (Å²) < 4.78 is 39.4. The summed E-state index contributed by atoms with van der Waals surface area (Å²) in [5.74, 6) is -1.01. The average Bonchev–Trinajstić information content (AvgIpc) is 2.14. The van der Waals surface area contributed by atoms with E-state index in [0.717, 1.165) is 6.07 Å². The van der Waals surface area contributed by atoms with Gasteiger partial charge in [-0.05, 0) is 0 Å². The molecule has 0 aliphatic rings. The van der Waals surface area contributed by atoms with Crippen molar-refractivity contribution in [1.29, 1.82) is 5.41 Å². The van der Waals surface area contributed by atoms with Gasteiger partial charge >= 0.3 is 12.0 Å². The smallest absolute Gasteiger partial charge is 0.398 e. The molecule has 0 radical (unpaired) electrons. The molecule has 0 aliphatic heterocycles. The van der Waals surface area contributed by atoms with E-state index in [0.29, 0.717) is 12.3 Å². The molecular weight excluding hydrogens is 243 g/mol. The molecule has 1 aromatic carbocycles. The first-order valence-electron chi connectivity index (χ1n) is 4.08. The molecule has 0 aromatic heterocycles. The molecule has 0 bridgehead atoms. The van der Waals surface area contributed by atoms with Crippen LogP contribution in [0.25, 0.3) is 0 Å². The average molecular weight is 249 g/mol. The second-order valence-corrected chi connectivity index (χ2v) is 2.90. The summed E-state index contributed by atoms with van der Waals surface area (Å²) in [5.41, 5.74) is 4.11. The molecule has 9 heteroatoms. The summed E-state index contributed by atoms with van der Waals surface area (Å²) in [6.07, 6.45) is -4.36. The third-order valence-corrected chi connectivity index (χ3v) is 1.74. The first kappa shape index (κ1) is 12.7. The van der Waals surface area contributed by atoms with E-state index >= 15 is 0 Å². The molecule has 17 heavy (non-hydrogen) atoms. The molecule has 1 aromatic rings. The minimum atomic E-state index is -5.05. The van der Waals surface area contributed by atoms with E-state index in [1.165, 1.54) is 0 Å². The van der Waals surface area contributed by atoms with Crippen LogP contribution in [0.4, 0.5) is 24.5 Å². The van der Waals surface area contributed by atoms with E-state index in [1.54, 1.807) is 0 Å². The van der Waals surface area contributed by atoms with E-state index in [9.17, 15) is 23.3 Å². The number of nitrogens with zero attached hydrogens (tertiary/aromatic N) is 1. The number of alkyl halides is 3. The summed E-state index contributed by atoms with van der Waals surface area (Å²) in [6.45, 7) is 0. The number of anilines is 1. The van der Waals surface area contributed by atoms with Gasteiger partial charge in [0, 0.05) is 29.6 Å². The number of hydrogen-bond donors (Lipinski definition) is 2. The predicted molar refractivity (Wildman–Crippen MR) is 52.1 cm³/mol. The zero-order valence-electron chi connectivity index (χ0n) is 8.12. The number of ether oxygens (including phenoxy) is 1. The van der Waals surface area contributed by atoms with Gasteiger partial charge in [-0.3, -0.25) is 10.1 Å². The lowest BCUT2D eigenvalue weighted by Crippen LogP contribution is -2.18. The van der Waals surface area contributed by atoms with Crippen LogP contribution >= 0.6 is 0 Å². The fourth-order valence-corrected chi connectivity index (χ4v) is 1.07. The minimum Gasteiger partial charge on any atom is -0.398 e. The Balaban J connectivity index is 3.33. The van der Waals surface area contributed by atoms with Gasteiger partial charge in [-0.2, -0.15) is 0 Å². The van der Waals surface area contributed by atoms with Gasteiger partial charge in [0.2, 0.25) is 5.75 Å². The molecule has 0 heterocycles. The summed E-state index contributed by atoms with van der Waals surface area (Å²) in [4.78, 5) is 9.48. The fraction of sp³-hybridized carbons (Fsp3) is 0.125. The second-order valence-electron chi connectivity index (χ2n) is 2.90. The van der Waals surface area contributed by atoms with Gasteiger partial charge in [0.15, 0.2) is 0 Å². The molecule has 6 nitrogen and oxygen atoms in total. The van der Waals surface area contributed by atoms with Gasteiger partial charge in [-0.25, -0.2) is 0 Å². The summed E-state index contributed by atoms with van der Waals surface area (Å²) in [5, 5.41) is 17.4. The Morgan fingerprint density at radius 1 is 1.47 bits per heavy atom. The van der Waals surface area contributed by atoms with Crippen molar-refractivity contribution >= 4 is 17.6 Å². The highest BCUT2D eigenvalue weighted by Gasteiger charge is 2.34. The summed E-state index contributed by atoms with van der Waals surface area (Å²) in [7, 11) is 0. The number of nitro groups is 1. The molecular formula is C8H6F3N3O3. The molecule has 0 fully saturated rings. The normalized spacial score (nSPS) is 11.0. The number of nitrogen functional groups attached to an aromatic ring is 1. The Kier molecular flexibility index (Phi) is 3.21. The van der Waals surface area contributed by atoms with Gasteiger partial charge in [0.05, 0.1) is 4.92 Å². The summed E-state index contributed by atoms with van der Waals surface area (Å²) >= 11 is 0. The molecule has 3 N–H and O–H groups in total. The van der Waals surface area contributed by atoms with Crippen LogP contribution in [0, 0.1) is 15.5 Å². The topological polar surface area (TPSA) is 102 Å². The Bertz CT molecular complexity index is 473. The van der Waals surface area contributed by atoms with E-state index in [1.807, 2.05) is 0 Å². The van der Waals surface area contributed by atoms with Crippen LogP contribution in [-0.4, -0.2) is 17.5 Å². The summed E-state index contributed by atoms with van der Waals surface area (Å²) in [6, 6.07) is 1.40. The number of nitro benzene ring substituents is 1. The van der Waals surface area contributed by atoms with Gasteiger partial charge in [-0.15, -0.1) is 13.2 Å². The Morgan fingerprint density at radius 3 is 2.47 bits per heavy atom. The monoisotopic (exact) mass is 249 g/mol. The van der Waals surface area contributed by atoms with E-state index in [2.05, 4.69) is 4.74 Å². The first-order valence-corrected chi connectivity index (χ1v) is 4.08. The first-order chi connectivity index (χ1) is 7.74. The molecule has 0 saturated heterocycles. The number of benzene rings is 1. The van der Waals surface area contributed by atoms with Crippen LogP contribution in [-0.2, 0) is 0 Å². The van der Waals surface area contributed by atoms with Crippen molar-refractivity contribution in [2.24, 2.45) is 0 Å². The molecule has 92 valence electrons. The van der Waals surface area contributed by atoms with E-state index in [4.69, 9.17) is 11.1 Å². The van der Waals surface area contributed by atoms with Crippen LogP contribution in [0.15, 0.2) is 12.1 Å². The molecule has 0 amide bonds. The Hall–Kier alpha value is -2.32. The largest absolute Gasteiger partial charge is 0.573 e. The van der Waals surface area contributed by atoms with E-state index in [-0.39, 0.29) is 11.3 Å². The Morgan fingerprint density at radius 2 is 2.06 bits per heavy atom. The molecule has 0 saturated carbocycles. The van der Waals surface area contributed by atoms with Crippen LogP contribution < -0.4 is 10.5 Å². The Labute approximate surface area is 92.4 Å². The number of hydrogen-bond acceptors (Lipinski definition) is 5. The van der Waals surface area contributed by atoms with Crippen molar-refractivity contribution in [2.45, 2.75) is 6.36 Å². The maximum absolute atomic E-state index is 12.0. The lowest BCUT2D eigenvalue weighted by atomic mass is 10.1. The number of rotatable bonds is 3. The van der Waals surface area contributed by atoms with Gasteiger partial charge in [-0.1, -0.05) is 0 Å². The van der Waals surface area contributed by atoms with Crippen LogP contribution in [0.2, 0.25) is 0 Å². The standard InChI is InChI=1S/C8H6F3N3O3/c9-8(10,11)17-7-2-5(13)4(3-12)1-6(7)14(15)16/h1-3,12H,13H2. The molecule has 0 unspecified atom stereocenters. The molecule has 0 aliphatic carbocycles. The maximum Gasteiger partial charge on any atom is 0.573 e. The third kappa shape index (κ3) is 3.06. The second kappa shape index (κ2) is 4.28. The fourth-order valence-electron chi connectivity index (χ4n) is 1.07. The number of nitrogens with two attached hydrogens (primary N) is 1. The van der Waals surface area contributed by atoms with E-state index < -0.39 is 22.7 Å². The predicted octanol–water partition coefficient (Wildman–Crippen LogP) is 2.07. The highest BCUT2D eigenvalue weighted by Crippen LogP contribution is 2.35. The van der Waals surface area contributed by atoms with Crippen molar-refractivity contribution in [3.63, 3.8) is 0 Å². The van der Waals surface area contributed by atoms with Gasteiger partial charge in [0.1, 0.15) is 0 Å². The zero-order chi connectivity index (χ0) is 13.2. The van der Waals surface area contributed by atoms with Gasteiger partial charge in [0.25, 0.3) is 0 Å². The van der Waals surface area contributed by atoms with Crippen LogP contribution in [0.3, 0.4) is 0 Å².